The molecule has 0 aliphatic carbocycles. The molecule has 0 atom stereocenters. The summed E-state index contributed by atoms with van der Waals surface area (Å²) in [6.07, 6.45) is 4.12. The number of benzene rings is 1. The van der Waals surface area contributed by atoms with Crippen LogP contribution >= 0.6 is 34.6 Å². The molecular weight excluding hydrogens is 342 g/mol. The maximum atomic E-state index is 4.43. The second-order valence-electron chi connectivity index (χ2n) is 5.22. The first-order valence-corrected chi connectivity index (χ1v) is 9.83. The Kier molecular flexibility index (Phi) is 4.11. The van der Waals surface area contributed by atoms with Gasteiger partial charge in [-0.1, -0.05) is 12.1 Å². The third-order valence-corrected chi connectivity index (χ3v) is 6.41. The maximum Gasteiger partial charge on any atom is 0.121 e. The fourth-order valence-electron chi connectivity index (χ4n) is 2.54. The lowest BCUT2D eigenvalue weighted by Gasteiger charge is -2.22. The van der Waals surface area contributed by atoms with Crippen molar-refractivity contribution in [3.8, 4) is 0 Å². The monoisotopic (exact) mass is 357 g/mol. The van der Waals surface area contributed by atoms with Gasteiger partial charge in [0.2, 0.25) is 0 Å². The molecule has 0 bridgehead atoms. The van der Waals surface area contributed by atoms with Gasteiger partial charge in [-0.15, -0.1) is 22.7 Å². The van der Waals surface area contributed by atoms with Crippen molar-refractivity contribution in [1.82, 2.24) is 4.98 Å². The van der Waals surface area contributed by atoms with Gasteiger partial charge in [0.1, 0.15) is 5.01 Å². The lowest BCUT2D eigenvalue weighted by molar-refractivity contribution is 1.27. The zero-order chi connectivity index (χ0) is 15.6. The second-order valence-corrected chi connectivity index (χ2v) is 8.16. The Hall–Kier alpha value is -1.76. The van der Waals surface area contributed by atoms with Crippen LogP contribution in [-0.2, 0) is 0 Å². The molecule has 2 N–H and O–H groups in total. The number of fused-ring (bicyclic) bond motifs is 1. The molecule has 116 valence electrons. The molecule has 0 saturated carbocycles. The van der Waals surface area contributed by atoms with Crippen molar-refractivity contribution < 1.29 is 0 Å². The summed E-state index contributed by atoms with van der Waals surface area (Å²) < 4.78 is 4.73. The molecule has 3 heterocycles. The minimum absolute atomic E-state index is 0.808. The number of hydrogen-bond acceptors (Lipinski definition) is 6. The normalized spacial score (nSPS) is 13.2. The summed E-state index contributed by atoms with van der Waals surface area (Å²) in [5, 5.41) is 8.77. The van der Waals surface area contributed by atoms with Crippen LogP contribution in [0.3, 0.4) is 0 Å². The summed E-state index contributed by atoms with van der Waals surface area (Å²) >= 11 is 5.08. The Morgan fingerprint density at radius 2 is 2.17 bits per heavy atom. The zero-order valence-corrected chi connectivity index (χ0v) is 14.9. The van der Waals surface area contributed by atoms with Gasteiger partial charge in [-0.25, -0.2) is 4.98 Å². The molecule has 0 fully saturated rings. The molecule has 1 aromatic carbocycles. The van der Waals surface area contributed by atoms with Gasteiger partial charge in [-0.2, -0.15) is 0 Å². The Labute approximate surface area is 147 Å². The predicted molar refractivity (Wildman–Crippen MR) is 103 cm³/mol. The van der Waals surface area contributed by atoms with Crippen molar-refractivity contribution in [3.05, 3.63) is 57.4 Å². The number of thiazole rings is 1. The van der Waals surface area contributed by atoms with Crippen molar-refractivity contribution >= 4 is 57.6 Å². The number of hydrogen-bond donors (Lipinski definition) is 2. The number of nitrogens with one attached hydrogen (secondary N) is 2. The number of nitrogens with zero attached hydrogens (tertiary/aromatic N) is 1. The summed E-state index contributed by atoms with van der Waals surface area (Å²) in [5.74, 6) is 0. The van der Waals surface area contributed by atoms with Crippen LogP contribution in [-0.4, -0.2) is 11.5 Å². The summed E-state index contributed by atoms with van der Waals surface area (Å²) in [6, 6.07) is 8.50. The second kappa shape index (κ2) is 6.39. The van der Waals surface area contributed by atoms with Crippen LogP contribution in [0.1, 0.15) is 16.1 Å². The van der Waals surface area contributed by atoms with Gasteiger partial charge in [0.05, 0.1) is 15.6 Å². The third-order valence-electron chi connectivity index (χ3n) is 3.70. The van der Waals surface area contributed by atoms with Crippen molar-refractivity contribution in [1.29, 1.82) is 0 Å². The molecule has 4 rings (SSSR count). The molecule has 0 amide bonds. The van der Waals surface area contributed by atoms with Crippen molar-refractivity contribution in [3.63, 3.8) is 0 Å². The van der Waals surface area contributed by atoms with E-state index in [1.807, 2.05) is 11.6 Å². The van der Waals surface area contributed by atoms with Gasteiger partial charge >= 0.3 is 0 Å². The van der Waals surface area contributed by atoms with Crippen molar-refractivity contribution in [2.75, 3.05) is 16.6 Å². The number of aromatic nitrogens is 1. The first-order valence-electron chi connectivity index (χ1n) is 7.25. The van der Waals surface area contributed by atoms with E-state index in [2.05, 4.69) is 57.7 Å². The topological polar surface area (TPSA) is 37.0 Å². The molecule has 1 aliphatic heterocycles. The van der Waals surface area contributed by atoms with E-state index in [1.54, 1.807) is 34.6 Å². The molecule has 0 radical (unpaired) electrons. The van der Waals surface area contributed by atoms with Crippen LogP contribution in [0, 0.1) is 6.92 Å². The van der Waals surface area contributed by atoms with Crippen LogP contribution < -0.4 is 10.0 Å². The van der Waals surface area contributed by atoms with Crippen LogP contribution in [0.5, 0.6) is 0 Å². The van der Waals surface area contributed by atoms with E-state index in [0.29, 0.717) is 0 Å². The lowest BCUT2D eigenvalue weighted by atomic mass is 9.99. The molecule has 23 heavy (non-hydrogen) atoms. The Bertz CT molecular complexity index is 836. The van der Waals surface area contributed by atoms with Crippen LogP contribution in [0.2, 0.25) is 0 Å². The highest BCUT2D eigenvalue weighted by Crippen LogP contribution is 2.38. The van der Waals surface area contributed by atoms with Gasteiger partial charge in [-0.05, 0) is 48.0 Å². The molecule has 6 heteroatoms. The molecule has 0 spiro atoms. The Balaban J connectivity index is 1.66. The van der Waals surface area contributed by atoms with Crippen LogP contribution in [0.4, 0.5) is 11.4 Å². The van der Waals surface area contributed by atoms with E-state index < -0.39 is 0 Å². The maximum absolute atomic E-state index is 4.43. The van der Waals surface area contributed by atoms with Crippen molar-refractivity contribution in [2.45, 2.75) is 11.1 Å². The minimum Gasteiger partial charge on any atom is -0.379 e. The molecule has 0 saturated heterocycles. The van der Waals surface area contributed by atoms with E-state index in [9.17, 15) is 0 Å². The highest BCUT2D eigenvalue weighted by Gasteiger charge is 2.17. The molecule has 0 unspecified atom stereocenters. The lowest BCUT2D eigenvalue weighted by Crippen LogP contribution is -2.12. The summed E-state index contributed by atoms with van der Waals surface area (Å²) in [7, 11) is 0. The highest BCUT2D eigenvalue weighted by atomic mass is 32.2. The first-order chi connectivity index (χ1) is 11.3. The van der Waals surface area contributed by atoms with E-state index >= 15 is 0 Å². The summed E-state index contributed by atoms with van der Waals surface area (Å²) in [5.41, 5.74) is 6.07. The zero-order valence-electron chi connectivity index (χ0n) is 12.5. The quantitative estimate of drug-likeness (QED) is 0.596. The predicted octanol–water partition coefficient (Wildman–Crippen LogP) is 5.60. The average molecular weight is 358 g/mol. The number of rotatable bonds is 4. The van der Waals surface area contributed by atoms with E-state index in [0.717, 1.165) is 17.2 Å². The highest BCUT2D eigenvalue weighted by molar-refractivity contribution is 8.02. The summed E-state index contributed by atoms with van der Waals surface area (Å²) in [6.45, 7) is 2.96. The van der Waals surface area contributed by atoms with E-state index in [1.165, 1.54) is 26.6 Å². The van der Waals surface area contributed by atoms with Gasteiger partial charge in [0, 0.05) is 29.3 Å². The molecule has 2 aromatic heterocycles. The number of thiophene rings is 1. The largest absolute Gasteiger partial charge is 0.379 e. The third kappa shape index (κ3) is 3.02. The number of anilines is 2. The van der Waals surface area contributed by atoms with Gasteiger partial charge in [-0.3, -0.25) is 0 Å². The van der Waals surface area contributed by atoms with Crippen LogP contribution in [0.15, 0.2) is 45.4 Å². The molecule has 3 nitrogen and oxygen atoms in total. The standard InChI is InChI=1S/C17H15N3S3/c1-11-4-5-14(20-23-15-3-2-7-21-15)16-13(11)9-12(10-19-16)17-18-6-8-22-17/h2-9,19-20H,10H2,1H3. The van der Waals surface area contributed by atoms with E-state index in [-0.39, 0.29) is 0 Å². The van der Waals surface area contributed by atoms with Crippen LogP contribution in [0.25, 0.3) is 11.6 Å². The Morgan fingerprint density at radius 3 is 2.96 bits per heavy atom. The smallest absolute Gasteiger partial charge is 0.121 e. The minimum atomic E-state index is 0.808. The fourth-order valence-corrected chi connectivity index (χ4v) is 4.65. The molecule has 3 aromatic rings. The van der Waals surface area contributed by atoms with E-state index in [4.69, 9.17) is 0 Å². The van der Waals surface area contributed by atoms with Gasteiger partial charge in [0.15, 0.2) is 0 Å². The Morgan fingerprint density at radius 1 is 1.22 bits per heavy atom. The SMILES string of the molecule is Cc1ccc(NSc2cccs2)c2c1C=C(c1nccs1)CN2. The molecular formula is C17H15N3S3. The first kappa shape index (κ1) is 14.8. The average Bonchev–Trinajstić information content (AvgIpc) is 3.28. The van der Waals surface area contributed by atoms with Crippen molar-refractivity contribution in [2.24, 2.45) is 0 Å². The van der Waals surface area contributed by atoms with Gasteiger partial charge in [0.25, 0.3) is 0 Å². The summed E-state index contributed by atoms with van der Waals surface area (Å²) in [4.78, 5) is 4.43. The fraction of sp³-hybridized carbons (Fsp3) is 0.118. The molecule has 1 aliphatic rings. The van der Waals surface area contributed by atoms with Gasteiger partial charge < -0.3 is 10.0 Å². The number of aryl methyl sites for hydroxylation is 1.